The van der Waals surface area contributed by atoms with Gasteiger partial charge < -0.3 is 10.2 Å². The number of hydrogen-bond acceptors (Lipinski definition) is 3. The highest BCUT2D eigenvalue weighted by Crippen LogP contribution is 2.50. The minimum atomic E-state index is -0.0717. The van der Waals surface area contributed by atoms with Crippen molar-refractivity contribution in [3.05, 3.63) is 53.3 Å². The van der Waals surface area contributed by atoms with Crippen molar-refractivity contribution in [3.8, 4) is 22.8 Å². The van der Waals surface area contributed by atoms with Gasteiger partial charge in [-0.05, 0) is 63.1 Å². The summed E-state index contributed by atoms with van der Waals surface area (Å²) >= 11 is 0. The van der Waals surface area contributed by atoms with E-state index >= 15 is 0 Å². The third-order valence-electron chi connectivity index (χ3n) is 5.93. The number of unbranched alkanes of at least 4 members (excludes halogenated alkanes) is 2. The van der Waals surface area contributed by atoms with Gasteiger partial charge in [0.05, 0.1) is 5.69 Å². The fourth-order valence-electron chi connectivity index (χ4n) is 4.42. The van der Waals surface area contributed by atoms with Crippen molar-refractivity contribution >= 4 is 0 Å². The lowest BCUT2D eigenvalue weighted by atomic mass is 9.73. The standard InChI is InChI=1S/C24H32N2O2/c1-5-6-7-8-17-14-21(27)23(24(28)22(17)20-11-12-25-26-20)19-13-16(4)9-10-18(19)15(2)3/h11-14,18-19,27-28H,2,5-10H2,1,3-4H3,(H,25,26). The molecule has 1 heterocycles. The van der Waals surface area contributed by atoms with Gasteiger partial charge in [0.15, 0.2) is 0 Å². The molecule has 1 aromatic heterocycles. The summed E-state index contributed by atoms with van der Waals surface area (Å²) in [5, 5.41) is 29.4. The molecule has 2 aromatic rings. The van der Waals surface area contributed by atoms with Crippen molar-refractivity contribution in [2.24, 2.45) is 5.92 Å². The third-order valence-corrected chi connectivity index (χ3v) is 5.93. The molecule has 28 heavy (non-hydrogen) atoms. The molecule has 2 atom stereocenters. The second kappa shape index (κ2) is 8.68. The van der Waals surface area contributed by atoms with Crippen molar-refractivity contribution in [2.45, 2.75) is 65.2 Å². The Labute approximate surface area is 168 Å². The van der Waals surface area contributed by atoms with Crippen LogP contribution in [-0.4, -0.2) is 20.4 Å². The lowest BCUT2D eigenvalue weighted by Crippen LogP contribution is -2.17. The number of H-pyrrole nitrogens is 1. The first-order chi connectivity index (χ1) is 13.4. The first-order valence-electron chi connectivity index (χ1n) is 10.3. The van der Waals surface area contributed by atoms with Gasteiger partial charge >= 0.3 is 0 Å². The number of nitrogens with one attached hydrogen (secondary N) is 1. The summed E-state index contributed by atoms with van der Waals surface area (Å²) in [5.41, 5.74) is 5.49. The SMILES string of the molecule is C=C(C)C1CCC(C)=CC1c1c(O)cc(CCCCC)c(-c2ccn[nH]2)c1O. The predicted octanol–water partition coefficient (Wildman–Crippen LogP) is 6.24. The Hall–Kier alpha value is -2.49. The maximum atomic E-state index is 11.4. The molecule has 0 saturated carbocycles. The summed E-state index contributed by atoms with van der Waals surface area (Å²) in [7, 11) is 0. The second-order valence-electron chi connectivity index (χ2n) is 8.15. The molecule has 150 valence electrons. The molecule has 4 heteroatoms. The lowest BCUT2D eigenvalue weighted by molar-refractivity contribution is 0.407. The fraction of sp³-hybridized carbons (Fsp3) is 0.458. The van der Waals surface area contributed by atoms with E-state index in [1.807, 2.05) is 19.1 Å². The Morgan fingerprint density at radius 1 is 1.32 bits per heavy atom. The van der Waals surface area contributed by atoms with Gasteiger partial charge in [-0.2, -0.15) is 5.10 Å². The zero-order valence-electron chi connectivity index (χ0n) is 17.3. The number of aromatic hydroxyl groups is 2. The number of aromatic nitrogens is 2. The highest BCUT2D eigenvalue weighted by molar-refractivity contribution is 5.75. The summed E-state index contributed by atoms with van der Waals surface area (Å²) in [6.07, 6.45) is 9.97. The zero-order chi connectivity index (χ0) is 20.3. The van der Waals surface area contributed by atoms with Gasteiger partial charge in [-0.15, -0.1) is 0 Å². The van der Waals surface area contributed by atoms with E-state index in [4.69, 9.17) is 0 Å². The molecular weight excluding hydrogens is 348 g/mol. The summed E-state index contributed by atoms with van der Waals surface area (Å²) < 4.78 is 0. The molecule has 3 N–H and O–H groups in total. The van der Waals surface area contributed by atoms with Crippen LogP contribution in [0, 0.1) is 5.92 Å². The van der Waals surface area contributed by atoms with Crippen LogP contribution in [0.4, 0.5) is 0 Å². The molecule has 3 rings (SSSR count). The molecule has 0 fully saturated rings. The molecule has 1 aromatic carbocycles. The Bertz CT molecular complexity index is 865. The van der Waals surface area contributed by atoms with Gasteiger partial charge in [-0.3, -0.25) is 5.10 Å². The van der Waals surface area contributed by atoms with E-state index in [-0.39, 0.29) is 23.3 Å². The molecule has 0 radical (unpaired) electrons. The van der Waals surface area contributed by atoms with E-state index in [2.05, 4.69) is 36.7 Å². The van der Waals surface area contributed by atoms with Crippen LogP contribution in [0.1, 0.15) is 69.9 Å². The number of allylic oxidation sites excluding steroid dienone is 3. The van der Waals surface area contributed by atoms with Gasteiger partial charge in [0, 0.05) is 23.2 Å². The van der Waals surface area contributed by atoms with Crippen molar-refractivity contribution in [2.75, 3.05) is 0 Å². The van der Waals surface area contributed by atoms with Crippen LogP contribution in [0.5, 0.6) is 11.5 Å². The minimum absolute atomic E-state index is 0.0717. The molecule has 0 amide bonds. The number of phenols is 2. The van der Waals surface area contributed by atoms with Crippen LogP contribution in [0.15, 0.2) is 42.1 Å². The predicted molar refractivity (Wildman–Crippen MR) is 115 cm³/mol. The Morgan fingerprint density at radius 3 is 2.75 bits per heavy atom. The number of nitrogens with zero attached hydrogens (tertiary/aromatic N) is 1. The van der Waals surface area contributed by atoms with Gasteiger partial charge in [-0.25, -0.2) is 0 Å². The van der Waals surface area contributed by atoms with E-state index in [1.165, 1.54) is 5.57 Å². The van der Waals surface area contributed by atoms with Gasteiger partial charge in [0.1, 0.15) is 11.5 Å². The Kier molecular flexibility index (Phi) is 6.28. The molecule has 4 nitrogen and oxygen atoms in total. The van der Waals surface area contributed by atoms with Crippen LogP contribution < -0.4 is 0 Å². The van der Waals surface area contributed by atoms with Crippen molar-refractivity contribution in [3.63, 3.8) is 0 Å². The zero-order valence-corrected chi connectivity index (χ0v) is 17.3. The average Bonchev–Trinajstić information content (AvgIpc) is 3.15. The highest BCUT2D eigenvalue weighted by Gasteiger charge is 2.32. The van der Waals surface area contributed by atoms with Gasteiger partial charge in [0.2, 0.25) is 0 Å². The monoisotopic (exact) mass is 380 g/mol. The molecule has 0 aliphatic heterocycles. The first-order valence-corrected chi connectivity index (χ1v) is 10.3. The fourth-order valence-corrected chi connectivity index (χ4v) is 4.42. The quantitative estimate of drug-likeness (QED) is 0.393. The van der Waals surface area contributed by atoms with Crippen LogP contribution in [-0.2, 0) is 6.42 Å². The minimum Gasteiger partial charge on any atom is -0.507 e. The summed E-state index contributed by atoms with van der Waals surface area (Å²) in [4.78, 5) is 0. The van der Waals surface area contributed by atoms with E-state index in [9.17, 15) is 10.2 Å². The van der Waals surface area contributed by atoms with Crippen molar-refractivity contribution in [1.82, 2.24) is 10.2 Å². The maximum Gasteiger partial charge on any atom is 0.132 e. The number of phenolic OH excluding ortho intramolecular Hbond substituents is 2. The van der Waals surface area contributed by atoms with Crippen molar-refractivity contribution < 1.29 is 10.2 Å². The van der Waals surface area contributed by atoms with Crippen LogP contribution in [0.25, 0.3) is 11.3 Å². The van der Waals surface area contributed by atoms with E-state index < -0.39 is 0 Å². The third kappa shape index (κ3) is 4.01. The first kappa shape index (κ1) is 20.2. The van der Waals surface area contributed by atoms with Gasteiger partial charge in [-0.1, -0.05) is 43.6 Å². The maximum absolute atomic E-state index is 11.4. The van der Waals surface area contributed by atoms with Gasteiger partial charge in [0.25, 0.3) is 0 Å². The van der Waals surface area contributed by atoms with E-state index in [1.54, 1.807) is 6.20 Å². The normalized spacial score (nSPS) is 19.5. The molecule has 0 spiro atoms. The number of aryl methyl sites for hydroxylation is 1. The van der Waals surface area contributed by atoms with Crippen LogP contribution >= 0.6 is 0 Å². The Balaban J connectivity index is 2.15. The number of hydrogen-bond donors (Lipinski definition) is 3. The molecule has 1 aliphatic rings. The molecule has 2 unspecified atom stereocenters. The lowest BCUT2D eigenvalue weighted by Gasteiger charge is -2.32. The highest BCUT2D eigenvalue weighted by atomic mass is 16.3. The topological polar surface area (TPSA) is 69.1 Å². The molecule has 0 saturated heterocycles. The second-order valence-corrected chi connectivity index (χ2v) is 8.15. The summed E-state index contributed by atoms with van der Waals surface area (Å²) in [6, 6.07) is 3.71. The van der Waals surface area contributed by atoms with Crippen LogP contribution in [0.3, 0.4) is 0 Å². The summed E-state index contributed by atoms with van der Waals surface area (Å²) in [6.45, 7) is 10.5. The number of aromatic amines is 1. The van der Waals surface area contributed by atoms with Crippen LogP contribution in [0.2, 0.25) is 0 Å². The molecule has 1 aliphatic carbocycles. The number of rotatable bonds is 7. The number of benzene rings is 1. The van der Waals surface area contributed by atoms with E-state index in [0.29, 0.717) is 5.56 Å². The van der Waals surface area contributed by atoms with E-state index in [0.717, 1.165) is 60.9 Å². The molecule has 0 bridgehead atoms. The van der Waals surface area contributed by atoms with Crippen molar-refractivity contribution in [1.29, 1.82) is 0 Å². The molecular formula is C24H32N2O2. The smallest absolute Gasteiger partial charge is 0.132 e. The average molecular weight is 381 g/mol. The largest absolute Gasteiger partial charge is 0.507 e. The Morgan fingerprint density at radius 2 is 2.11 bits per heavy atom. The summed E-state index contributed by atoms with van der Waals surface area (Å²) in [5.74, 6) is 0.478.